The molecule has 1 fully saturated rings. The summed E-state index contributed by atoms with van der Waals surface area (Å²) in [6, 6.07) is 20.7. The van der Waals surface area contributed by atoms with Crippen molar-refractivity contribution in [3.8, 4) is 0 Å². The number of benzene rings is 3. The zero-order chi connectivity index (χ0) is 35.2. The number of hydrogen-bond donors (Lipinski definition) is 3. The number of anilines is 2. The fourth-order valence-corrected chi connectivity index (χ4v) is 7.09. The summed E-state index contributed by atoms with van der Waals surface area (Å²) in [4.78, 5) is 15.5. The molecule has 15 heteroatoms. The highest BCUT2D eigenvalue weighted by Crippen LogP contribution is 2.39. The highest BCUT2D eigenvalue weighted by atomic mass is 35.5. The smallest absolute Gasteiger partial charge is 0.481 e. The quantitative estimate of drug-likeness (QED) is 0.0888. The van der Waals surface area contributed by atoms with Crippen molar-refractivity contribution in [2.75, 3.05) is 43.5 Å². The van der Waals surface area contributed by atoms with E-state index in [-0.39, 0.29) is 50.9 Å². The Labute approximate surface area is 292 Å². The standard InChI is InChI=1S/C34H35Cl2F3N4O5S/c35-25-6-2-22(3-7-25)32(23-4-8-26(36)9-5-23)24-20-28-29(42-27-11-16-43(17-12-27)49(46,47)34(37,38)39)10-15-41-33(28)30(21-24)40-14-1-18-48-19-13-31(44)45/h2-10,15,20-21,27,32,40H,1,11-14,16-19H2,(H,41,42)(H,44,45). The highest BCUT2D eigenvalue weighted by molar-refractivity contribution is 7.90. The summed E-state index contributed by atoms with van der Waals surface area (Å²) >= 11 is 12.5. The van der Waals surface area contributed by atoms with E-state index in [4.69, 9.17) is 33.0 Å². The third-order valence-electron chi connectivity index (χ3n) is 8.29. The maximum Gasteiger partial charge on any atom is 0.511 e. The number of carbonyl (C=O) groups is 1. The third kappa shape index (κ3) is 9.14. The Balaban J connectivity index is 1.49. The first-order valence-corrected chi connectivity index (χ1v) is 17.8. The summed E-state index contributed by atoms with van der Waals surface area (Å²) in [6.45, 7) is 0.465. The fraction of sp³-hybridized carbons (Fsp3) is 0.353. The van der Waals surface area contributed by atoms with E-state index in [1.165, 1.54) is 0 Å². The second kappa shape index (κ2) is 15.9. The van der Waals surface area contributed by atoms with Crippen molar-refractivity contribution in [3.63, 3.8) is 0 Å². The first-order valence-electron chi connectivity index (χ1n) is 15.6. The second-order valence-corrected chi connectivity index (χ2v) is 14.5. The number of hydrogen-bond acceptors (Lipinski definition) is 7. The van der Waals surface area contributed by atoms with E-state index in [2.05, 4.69) is 15.6 Å². The minimum absolute atomic E-state index is 0.0756. The van der Waals surface area contributed by atoms with Gasteiger partial charge in [-0.05, 0) is 78.4 Å². The number of nitrogens with zero attached hydrogens (tertiary/aromatic N) is 2. The molecule has 3 aromatic carbocycles. The molecule has 1 aliphatic rings. The van der Waals surface area contributed by atoms with Gasteiger partial charge < -0.3 is 20.5 Å². The van der Waals surface area contributed by atoms with Crippen LogP contribution in [-0.4, -0.2) is 73.2 Å². The van der Waals surface area contributed by atoms with E-state index in [0.717, 1.165) is 27.8 Å². The van der Waals surface area contributed by atoms with Crippen LogP contribution < -0.4 is 10.6 Å². The lowest BCUT2D eigenvalue weighted by molar-refractivity contribution is -0.138. The molecule has 0 atom stereocenters. The monoisotopic (exact) mass is 738 g/mol. The number of pyridine rings is 1. The zero-order valence-electron chi connectivity index (χ0n) is 26.2. The molecule has 262 valence electrons. The minimum atomic E-state index is -5.39. The van der Waals surface area contributed by atoms with E-state index >= 15 is 0 Å². The van der Waals surface area contributed by atoms with E-state index < -0.39 is 21.5 Å². The lowest BCUT2D eigenvalue weighted by Gasteiger charge is -2.32. The molecule has 2 heterocycles. The number of nitrogens with one attached hydrogen (secondary N) is 2. The van der Waals surface area contributed by atoms with Gasteiger partial charge in [0, 0.05) is 65.5 Å². The van der Waals surface area contributed by atoms with Crippen LogP contribution in [0.15, 0.2) is 72.9 Å². The van der Waals surface area contributed by atoms with Crippen LogP contribution in [0.5, 0.6) is 0 Å². The van der Waals surface area contributed by atoms with Gasteiger partial charge in [-0.15, -0.1) is 0 Å². The first-order chi connectivity index (χ1) is 23.3. The van der Waals surface area contributed by atoms with Gasteiger partial charge in [0.1, 0.15) is 0 Å². The summed E-state index contributed by atoms with van der Waals surface area (Å²) in [5, 5.41) is 17.7. The van der Waals surface area contributed by atoms with Crippen LogP contribution >= 0.6 is 23.2 Å². The van der Waals surface area contributed by atoms with Gasteiger partial charge in [0.2, 0.25) is 0 Å². The van der Waals surface area contributed by atoms with Crippen molar-refractivity contribution < 1.29 is 36.2 Å². The Hall–Kier alpha value is -3.62. The molecule has 0 unspecified atom stereocenters. The van der Waals surface area contributed by atoms with Gasteiger partial charge in [-0.1, -0.05) is 47.5 Å². The number of halogens is 5. The predicted molar refractivity (Wildman–Crippen MR) is 185 cm³/mol. The van der Waals surface area contributed by atoms with Crippen LogP contribution in [0.2, 0.25) is 10.0 Å². The Morgan fingerprint density at radius 1 is 0.939 bits per heavy atom. The van der Waals surface area contributed by atoms with E-state index in [9.17, 15) is 26.4 Å². The molecule has 1 aliphatic heterocycles. The maximum atomic E-state index is 13.2. The third-order valence-corrected chi connectivity index (χ3v) is 10.4. The van der Waals surface area contributed by atoms with Crippen molar-refractivity contribution in [1.82, 2.24) is 9.29 Å². The molecule has 0 bridgehead atoms. The lowest BCUT2D eigenvalue weighted by atomic mass is 9.84. The molecule has 9 nitrogen and oxygen atoms in total. The summed E-state index contributed by atoms with van der Waals surface area (Å²) < 4.78 is 69.3. The van der Waals surface area contributed by atoms with E-state index in [1.54, 1.807) is 12.3 Å². The van der Waals surface area contributed by atoms with Crippen molar-refractivity contribution >= 4 is 61.5 Å². The number of sulfonamides is 1. The number of aromatic nitrogens is 1. The van der Waals surface area contributed by atoms with E-state index in [1.807, 2.05) is 60.7 Å². The molecule has 4 aromatic rings. The molecular formula is C34H35Cl2F3N4O5S. The van der Waals surface area contributed by atoms with Crippen LogP contribution in [0.1, 0.15) is 48.3 Å². The van der Waals surface area contributed by atoms with Crippen LogP contribution in [0.3, 0.4) is 0 Å². The van der Waals surface area contributed by atoms with Crippen LogP contribution in [-0.2, 0) is 19.6 Å². The molecule has 5 rings (SSSR count). The van der Waals surface area contributed by atoms with Crippen molar-refractivity contribution in [1.29, 1.82) is 0 Å². The van der Waals surface area contributed by atoms with Gasteiger partial charge in [0.15, 0.2) is 0 Å². The second-order valence-electron chi connectivity index (χ2n) is 11.7. The Bertz CT molecular complexity index is 1810. The maximum absolute atomic E-state index is 13.2. The first kappa shape index (κ1) is 36.7. The SMILES string of the molecule is O=C(O)CCOCCCNc1cc(C(c2ccc(Cl)cc2)c2ccc(Cl)cc2)cc2c(NC3CCN(S(=O)(=O)C(F)(F)F)CC3)ccnc12. The number of carboxylic acids is 1. The Morgan fingerprint density at radius 2 is 1.55 bits per heavy atom. The molecule has 0 amide bonds. The molecule has 0 aliphatic carbocycles. The number of ether oxygens (including phenoxy) is 1. The number of piperidine rings is 1. The van der Waals surface area contributed by atoms with Gasteiger partial charge in [-0.2, -0.15) is 17.5 Å². The molecule has 0 saturated carbocycles. The van der Waals surface area contributed by atoms with E-state index in [0.29, 0.717) is 45.1 Å². The largest absolute Gasteiger partial charge is 0.511 e. The Morgan fingerprint density at radius 3 is 2.12 bits per heavy atom. The van der Waals surface area contributed by atoms with Gasteiger partial charge in [0.25, 0.3) is 0 Å². The van der Waals surface area contributed by atoms with Gasteiger partial charge in [0.05, 0.1) is 24.2 Å². The number of alkyl halides is 3. The Kier molecular flexibility index (Phi) is 11.9. The number of aliphatic carboxylic acids is 1. The molecule has 1 saturated heterocycles. The predicted octanol–water partition coefficient (Wildman–Crippen LogP) is 7.74. The summed E-state index contributed by atoms with van der Waals surface area (Å²) in [7, 11) is -5.39. The summed E-state index contributed by atoms with van der Waals surface area (Å²) in [6.07, 6.45) is 2.53. The average molecular weight is 740 g/mol. The number of carboxylic acid groups (broad SMARTS) is 1. The lowest BCUT2D eigenvalue weighted by Crippen LogP contribution is -2.47. The average Bonchev–Trinajstić information content (AvgIpc) is 3.06. The number of fused-ring (bicyclic) bond motifs is 1. The number of rotatable bonds is 14. The minimum Gasteiger partial charge on any atom is -0.481 e. The molecule has 3 N–H and O–H groups in total. The van der Waals surface area contributed by atoms with Crippen LogP contribution in [0.25, 0.3) is 10.9 Å². The summed E-state index contributed by atoms with van der Waals surface area (Å²) in [5.41, 5.74) is -0.385. The van der Waals surface area contributed by atoms with Crippen LogP contribution in [0, 0.1) is 0 Å². The molecule has 0 spiro atoms. The molecule has 0 radical (unpaired) electrons. The highest BCUT2D eigenvalue weighted by Gasteiger charge is 2.50. The van der Waals surface area contributed by atoms with Gasteiger partial charge in [-0.3, -0.25) is 9.78 Å². The zero-order valence-corrected chi connectivity index (χ0v) is 28.5. The van der Waals surface area contributed by atoms with Crippen molar-refractivity contribution in [2.24, 2.45) is 0 Å². The molecule has 49 heavy (non-hydrogen) atoms. The normalized spacial score (nSPS) is 14.7. The fourth-order valence-electron chi connectivity index (χ4n) is 5.86. The van der Waals surface area contributed by atoms with Crippen molar-refractivity contribution in [2.45, 2.75) is 43.2 Å². The van der Waals surface area contributed by atoms with Crippen molar-refractivity contribution in [3.05, 3.63) is 99.7 Å². The molecule has 1 aromatic heterocycles. The van der Waals surface area contributed by atoms with Crippen LogP contribution in [0.4, 0.5) is 24.5 Å². The summed E-state index contributed by atoms with van der Waals surface area (Å²) in [5.74, 6) is -1.17. The topological polar surface area (TPSA) is 121 Å². The molecular weight excluding hydrogens is 704 g/mol. The van der Waals surface area contributed by atoms with Gasteiger partial charge in [-0.25, -0.2) is 8.42 Å². The van der Waals surface area contributed by atoms with Gasteiger partial charge >= 0.3 is 21.5 Å².